The zero-order valence-electron chi connectivity index (χ0n) is 11.5. The van der Waals surface area contributed by atoms with Gasteiger partial charge in [-0.25, -0.2) is 0 Å². The fourth-order valence-electron chi connectivity index (χ4n) is 2.69. The molecule has 2 nitrogen and oxygen atoms in total. The van der Waals surface area contributed by atoms with Crippen LogP contribution in [-0.2, 0) is 0 Å². The minimum Gasteiger partial charge on any atom is -0.389 e. The lowest BCUT2D eigenvalue weighted by atomic mass is 9.94. The fraction of sp³-hybridized carbons (Fsp3) is 0.733. The average molecular weight is 267 g/mol. The summed E-state index contributed by atoms with van der Waals surface area (Å²) in [5.41, 5.74) is -0.475. The predicted molar refractivity (Wildman–Crippen MR) is 78.1 cm³/mol. The van der Waals surface area contributed by atoms with Gasteiger partial charge in [-0.3, -0.25) is 0 Å². The lowest BCUT2D eigenvalue weighted by Crippen LogP contribution is -2.40. The van der Waals surface area contributed by atoms with Crippen molar-refractivity contribution < 1.29 is 5.11 Å². The molecule has 0 radical (unpaired) electrons. The molecule has 0 saturated heterocycles. The van der Waals surface area contributed by atoms with Gasteiger partial charge in [0, 0.05) is 22.3 Å². The van der Waals surface area contributed by atoms with E-state index in [9.17, 15) is 5.11 Å². The topological polar surface area (TPSA) is 32.3 Å². The van der Waals surface area contributed by atoms with Crippen LogP contribution in [0.1, 0.15) is 61.2 Å². The maximum absolute atomic E-state index is 10.6. The van der Waals surface area contributed by atoms with E-state index in [0.717, 1.165) is 19.4 Å². The van der Waals surface area contributed by atoms with Crippen LogP contribution in [0.15, 0.2) is 12.1 Å². The molecule has 1 aromatic rings. The van der Waals surface area contributed by atoms with Gasteiger partial charge in [0.25, 0.3) is 0 Å². The van der Waals surface area contributed by atoms with Crippen LogP contribution in [0.2, 0.25) is 0 Å². The Hall–Kier alpha value is -0.380. The predicted octanol–water partition coefficient (Wildman–Crippen LogP) is 3.79. The fourth-order valence-corrected chi connectivity index (χ4v) is 3.60. The molecule has 0 spiro atoms. The van der Waals surface area contributed by atoms with Gasteiger partial charge in [0.1, 0.15) is 0 Å². The minimum atomic E-state index is -0.475. The van der Waals surface area contributed by atoms with E-state index in [1.54, 1.807) is 0 Å². The van der Waals surface area contributed by atoms with Crippen LogP contribution in [0.4, 0.5) is 0 Å². The first-order valence-electron chi connectivity index (χ1n) is 7.11. The van der Waals surface area contributed by atoms with Gasteiger partial charge in [-0.15, -0.1) is 11.3 Å². The Labute approximate surface area is 114 Å². The van der Waals surface area contributed by atoms with E-state index >= 15 is 0 Å². The summed E-state index contributed by atoms with van der Waals surface area (Å²) in [5.74, 6) is 0. The molecule has 2 rings (SSSR count). The molecule has 3 heteroatoms. The van der Waals surface area contributed by atoms with Crippen molar-refractivity contribution in [3.8, 4) is 0 Å². The van der Waals surface area contributed by atoms with Gasteiger partial charge in [-0.2, -0.15) is 0 Å². The highest BCUT2D eigenvalue weighted by Gasteiger charge is 2.28. The first kappa shape index (κ1) is 14.0. The lowest BCUT2D eigenvalue weighted by Gasteiger charge is -2.28. The Morgan fingerprint density at radius 2 is 1.94 bits per heavy atom. The molecule has 1 heterocycles. The summed E-state index contributed by atoms with van der Waals surface area (Å²) in [7, 11) is 0. The Balaban J connectivity index is 1.86. The van der Waals surface area contributed by atoms with Crippen LogP contribution < -0.4 is 5.32 Å². The molecule has 0 aliphatic heterocycles. The molecule has 1 fully saturated rings. The summed E-state index contributed by atoms with van der Waals surface area (Å²) in [5, 5.41) is 14.1. The van der Waals surface area contributed by atoms with Crippen molar-refractivity contribution in [3.05, 3.63) is 21.9 Å². The van der Waals surface area contributed by atoms with Gasteiger partial charge in [0.2, 0.25) is 0 Å². The van der Waals surface area contributed by atoms with Crippen LogP contribution in [0, 0.1) is 6.92 Å². The van der Waals surface area contributed by atoms with E-state index in [-0.39, 0.29) is 0 Å². The third-order valence-corrected chi connectivity index (χ3v) is 5.14. The summed E-state index contributed by atoms with van der Waals surface area (Å²) in [6.07, 6.45) is 6.81. The zero-order valence-corrected chi connectivity index (χ0v) is 12.4. The molecule has 1 aliphatic carbocycles. The normalized spacial score (nSPS) is 21.5. The number of rotatable bonds is 4. The number of hydrogen-bond acceptors (Lipinski definition) is 3. The highest BCUT2D eigenvalue weighted by atomic mass is 32.1. The third kappa shape index (κ3) is 3.81. The van der Waals surface area contributed by atoms with Crippen LogP contribution in [-0.4, -0.2) is 17.3 Å². The Morgan fingerprint density at radius 1 is 1.28 bits per heavy atom. The summed E-state index contributed by atoms with van der Waals surface area (Å²) >= 11 is 1.84. The van der Waals surface area contributed by atoms with E-state index in [1.807, 2.05) is 11.3 Å². The van der Waals surface area contributed by atoms with Crippen molar-refractivity contribution in [2.75, 3.05) is 6.54 Å². The SMILES string of the molecule is Cc1ccc(C(C)NCC2(O)CCCCCC2)s1. The minimum absolute atomic E-state index is 0.343. The number of thiophene rings is 1. The van der Waals surface area contributed by atoms with Gasteiger partial charge in [-0.1, -0.05) is 25.7 Å². The van der Waals surface area contributed by atoms with Crippen molar-refractivity contribution in [2.24, 2.45) is 0 Å². The molecular weight excluding hydrogens is 242 g/mol. The van der Waals surface area contributed by atoms with Crippen LogP contribution in [0.5, 0.6) is 0 Å². The standard InChI is InChI=1S/C15H25NOS/c1-12-7-8-14(18-12)13(2)16-11-15(17)9-5-3-4-6-10-15/h7-8,13,16-17H,3-6,9-11H2,1-2H3. The molecule has 2 N–H and O–H groups in total. The molecule has 1 aliphatic rings. The molecule has 102 valence electrons. The second kappa shape index (κ2) is 6.18. The Morgan fingerprint density at radius 3 is 2.50 bits per heavy atom. The highest BCUT2D eigenvalue weighted by molar-refractivity contribution is 7.12. The summed E-state index contributed by atoms with van der Waals surface area (Å²) < 4.78 is 0. The Kier molecular flexibility index (Phi) is 4.82. The molecule has 0 bridgehead atoms. The van der Waals surface area contributed by atoms with Crippen LogP contribution in [0.3, 0.4) is 0 Å². The largest absolute Gasteiger partial charge is 0.389 e. The second-order valence-electron chi connectivity index (χ2n) is 5.69. The first-order valence-corrected chi connectivity index (χ1v) is 7.93. The lowest BCUT2D eigenvalue weighted by molar-refractivity contribution is 0.0232. The third-order valence-electron chi connectivity index (χ3n) is 3.96. The van der Waals surface area contributed by atoms with E-state index in [0.29, 0.717) is 6.04 Å². The summed E-state index contributed by atoms with van der Waals surface area (Å²) in [4.78, 5) is 2.72. The molecule has 1 atom stereocenters. The number of hydrogen-bond donors (Lipinski definition) is 2. The van der Waals surface area contributed by atoms with Gasteiger partial charge in [-0.05, 0) is 38.8 Å². The summed E-state index contributed by atoms with van der Waals surface area (Å²) in [6, 6.07) is 4.70. The van der Waals surface area contributed by atoms with Crippen molar-refractivity contribution >= 4 is 11.3 Å². The van der Waals surface area contributed by atoms with Crippen LogP contribution >= 0.6 is 11.3 Å². The van der Waals surface area contributed by atoms with Crippen molar-refractivity contribution in [2.45, 2.75) is 64.0 Å². The molecular formula is C15H25NOS. The number of aryl methyl sites for hydroxylation is 1. The maximum atomic E-state index is 10.6. The molecule has 1 aromatic heterocycles. The van der Waals surface area contributed by atoms with E-state index in [2.05, 4.69) is 31.3 Å². The maximum Gasteiger partial charge on any atom is 0.0771 e. The van der Waals surface area contributed by atoms with Gasteiger partial charge in [0.15, 0.2) is 0 Å². The number of nitrogens with one attached hydrogen (secondary N) is 1. The molecule has 18 heavy (non-hydrogen) atoms. The Bertz CT molecular complexity index is 366. The van der Waals surface area contributed by atoms with Gasteiger partial charge < -0.3 is 10.4 Å². The van der Waals surface area contributed by atoms with Crippen molar-refractivity contribution in [1.29, 1.82) is 0 Å². The highest BCUT2D eigenvalue weighted by Crippen LogP contribution is 2.28. The average Bonchev–Trinajstić information content (AvgIpc) is 2.66. The van der Waals surface area contributed by atoms with Crippen molar-refractivity contribution in [1.82, 2.24) is 5.32 Å². The molecule has 0 amide bonds. The van der Waals surface area contributed by atoms with Crippen molar-refractivity contribution in [3.63, 3.8) is 0 Å². The first-order chi connectivity index (χ1) is 8.59. The van der Waals surface area contributed by atoms with Gasteiger partial charge in [0.05, 0.1) is 5.60 Å². The monoisotopic (exact) mass is 267 g/mol. The summed E-state index contributed by atoms with van der Waals surface area (Å²) in [6.45, 7) is 5.05. The van der Waals surface area contributed by atoms with E-state index < -0.39 is 5.60 Å². The smallest absolute Gasteiger partial charge is 0.0771 e. The molecule has 0 aromatic carbocycles. The van der Waals surface area contributed by atoms with Crippen LogP contribution in [0.25, 0.3) is 0 Å². The number of aliphatic hydroxyl groups is 1. The zero-order chi connectivity index (χ0) is 13.0. The second-order valence-corrected chi connectivity index (χ2v) is 7.01. The van der Waals surface area contributed by atoms with E-state index in [4.69, 9.17) is 0 Å². The van der Waals surface area contributed by atoms with Gasteiger partial charge >= 0.3 is 0 Å². The molecule has 1 saturated carbocycles. The van der Waals surface area contributed by atoms with E-state index in [1.165, 1.54) is 35.4 Å². The molecule has 1 unspecified atom stereocenters. The quantitative estimate of drug-likeness (QED) is 0.813.